The molecule has 1 heterocycles. The van der Waals surface area contributed by atoms with Crippen molar-refractivity contribution < 1.29 is 9.90 Å². The van der Waals surface area contributed by atoms with Crippen LogP contribution >= 0.6 is 27.5 Å². The van der Waals surface area contributed by atoms with E-state index in [-0.39, 0.29) is 5.69 Å². The first kappa shape index (κ1) is 15.0. The third-order valence-electron chi connectivity index (χ3n) is 2.73. The number of nitrogens with zero attached hydrogens (tertiary/aromatic N) is 3. The number of aromatic nitrogens is 3. The van der Waals surface area contributed by atoms with Gasteiger partial charge < -0.3 is 5.11 Å². The molecule has 0 atom stereocenters. The number of halogens is 2. The van der Waals surface area contributed by atoms with Gasteiger partial charge in [-0.05, 0) is 34.1 Å². The third-order valence-corrected chi connectivity index (χ3v) is 3.94. The van der Waals surface area contributed by atoms with E-state index in [0.29, 0.717) is 20.9 Å². The van der Waals surface area contributed by atoms with Gasteiger partial charge in [0, 0.05) is 9.89 Å². The van der Waals surface area contributed by atoms with Crippen molar-refractivity contribution >= 4 is 33.5 Å². The molecular formula is C13H13BrClN3O2. The van der Waals surface area contributed by atoms with Gasteiger partial charge in [-0.1, -0.05) is 37.6 Å². The minimum atomic E-state index is -1.09. The second-order valence-corrected chi connectivity index (χ2v) is 6.61. The molecule has 0 amide bonds. The minimum Gasteiger partial charge on any atom is -0.476 e. The number of hydrogen-bond donors (Lipinski definition) is 1. The summed E-state index contributed by atoms with van der Waals surface area (Å²) in [5, 5.41) is 17.6. The molecule has 0 saturated carbocycles. The molecule has 7 heteroatoms. The fourth-order valence-electron chi connectivity index (χ4n) is 1.90. The van der Waals surface area contributed by atoms with Crippen molar-refractivity contribution in [2.45, 2.75) is 26.2 Å². The summed E-state index contributed by atoms with van der Waals surface area (Å²) in [6.07, 6.45) is 0. The Kier molecular flexibility index (Phi) is 3.88. The van der Waals surface area contributed by atoms with E-state index in [2.05, 4.69) is 26.2 Å². The van der Waals surface area contributed by atoms with Gasteiger partial charge in [-0.2, -0.15) is 0 Å². The molecule has 0 spiro atoms. The Balaban J connectivity index is 2.68. The number of hydrogen-bond acceptors (Lipinski definition) is 3. The van der Waals surface area contributed by atoms with Gasteiger partial charge in [0.25, 0.3) is 0 Å². The number of carboxylic acids is 1. The predicted molar refractivity (Wildman–Crippen MR) is 79.7 cm³/mol. The maximum atomic E-state index is 11.3. The zero-order valence-electron chi connectivity index (χ0n) is 11.2. The highest BCUT2D eigenvalue weighted by Crippen LogP contribution is 2.30. The fourth-order valence-corrected chi connectivity index (χ4v) is 2.38. The Bertz CT molecular complexity index is 677. The second-order valence-electron chi connectivity index (χ2n) is 5.35. The molecule has 2 aromatic rings. The Morgan fingerprint density at radius 3 is 2.55 bits per heavy atom. The molecule has 1 aromatic carbocycles. The van der Waals surface area contributed by atoms with Crippen molar-refractivity contribution in [3.05, 3.63) is 39.1 Å². The normalized spacial score (nSPS) is 11.7. The molecule has 0 saturated heterocycles. The minimum absolute atomic E-state index is 0.0384. The SMILES string of the molecule is CC(C)(C)c1c(C(=O)O)nnn1-c1ccc(Cl)c(Br)c1. The van der Waals surface area contributed by atoms with Crippen molar-refractivity contribution in [1.29, 1.82) is 0 Å². The molecule has 20 heavy (non-hydrogen) atoms. The number of carbonyl (C=O) groups is 1. The van der Waals surface area contributed by atoms with E-state index in [9.17, 15) is 9.90 Å². The van der Waals surface area contributed by atoms with Crippen molar-refractivity contribution in [3.8, 4) is 5.69 Å². The topological polar surface area (TPSA) is 68.0 Å². The molecule has 106 valence electrons. The van der Waals surface area contributed by atoms with Gasteiger partial charge in [0.05, 0.1) is 16.4 Å². The van der Waals surface area contributed by atoms with Crippen LogP contribution in [-0.4, -0.2) is 26.1 Å². The largest absolute Gasteiger partial charge is 0.476 e. The monoisotopic (exact) mass is 357 g/mol. The average Bonchev–Trinajstić information content (AvgIpc) is 2.77. The Morgan fingerprint density at radius 1 is 1.40 bits per heavy atom. The summed E-state index contributed by atoms with van der Waals surface area (Å²) < 4.78 is 2.24. The van der Waals surface area contributed by atoms with E-state index >= 15 is 0 Å². The first-order valence-electron chi connectivity index (χ1n) is 5.86. The molecule has 0 aliphatic rings. The molecular weight excluding hydrogens is 346 g/mol. The molecule has 0 fully saturated rings. The van der Waals surface area contributed by atoms with Gasteiger partial charge in [-0.25, -0.2) is 9.48 Å². The number of benzene rings is 1. The number of aromatic carboxylic acids is 1. The number of carboxylic acid groups (broad SMARTS) is 1. The van der Waals surface area contributed by atoms with E-state index in [1.807, 2.05) is 20.8 Å². The molecule has 0 radical (unpaired) electrons. The van der Waals surface area contributed by atoms with Gasteiger partial charge >= 0.3 is 5.97 Å². The van der Waals surface area contributed by atoms with E-state index < -0.39 is 11.4 Å². The molecule has 1 aromatic heterocycles. The third kappa shape index (κ3) is 2.71. The van der Waals surface area contributed by atoms with Gasteiger partial charge in [-0.3, -0.25) is 0 Å². The standard InChI is InChI=1S/C13H13BrClN3O2/c1-13(2,3)11-10(12(19)20)16-17-18(11)7-4-5-9(15)8(14)6-7/h4-6H,1-3H3,(H,19,20). The molecule has 1 N–H and O–H groups in total. The van der Waals surface area contributed by atoms with Crippen LogP contribution in [0.5, 0.6) is 0 Å². The zero-order chi connectivity index (χ0) is 15.1. The van der Waals surface area contributed by atoms with Crippen LogP contribution in [-0.2, 0) is 5.41 Å². The van der Waals surface area contributed by atoms with Crippen molar-refractivity contribution in [2.24, 2.45) is 0 Å². The summed E-state index contributed by atoms with van der Waals surface area (Å²) in [6, 6.07) is 5.26. The predicted octanol–water partition coefficient (Wildman–Crippen LogP) is 3.68. The van der Waals surface area contributed by atoms with Gasteiger partial charge in [-0.15, -0.1) is 5.10 Å². The molecule has 5 nitrogen and oxygen atoms in total. The Morgan fingerprint density at radius 2 is 2.05 bits per heavy atom. The van der Waals surface area contributed by atoms with E-state index in [0.717, 1.165) is 0 Å². The summed E-state index contributed by atoms with van der Waals surface area (Å²) in [7, 11) is 0. The molecule has 0 aliphatic heterocycles. The lowest BCUT2D eigenvalue weighted by molar-refractivity contribution is 0.0687. The first-order valence-corrected chi connectivity index (χ1v) is 7.04. The lowest BCUT2D eigenvalue weighted by Crippen LogP contribution is -2.21. The summed E-state index contributed by atoms with van der Waals surface area (Å²) in [5.74, 6) is -1.09. The number of rotatable bonds is 2. The van der Waals surface area contributed by atoms with Gasteiger partial charge in [0.1, 0.15) is 0 Å². The average molecular weight is 359 g/mol. The summed E-state index contributed by atoms with van der Waals surface area (Å²) in [4.78, 5) is 11.3. The lowest BCUT2D eigenvalue weighted by Gasteiger charge is -2.20. The molecule has 0 unspecified atom stereocenters. The second kappa shape index (κ2) is 5.18. The van der Waals surface area contributed by atoms with Crippen LogP contribution in [0, 0.1) is 0 Å². The highest BCUT2D eigenvalue weighted by atomic mass is 79.9. The van der Waals surface area contributed by atoms with Crippen molar-refractivity contribution in [2.75, 3.05) is 0 Å². The molecule has 0 bridgehead atoms. The van der Waals surface area contributed by atoms with Crippen molar-refractivity contribution in [1.82, 2.24) is 15.0 Å². The van der Waals surface area contributed by atoms with Crippen LogP contribution < -0.4 is 0 Å². The van der Waals surface area contributed by atoms with E-state index in [1.165, 1.54) is 4.68 Å². The molecule has 2 rings (SSSR count). The van der Waals surface area contributed by atoms with Crippen LogP contribution in [0.3, 0.4) is 0 Å². The van der Waals surface area contributed by atoms with Gasteiger partial charge in [0.15, 0.2) is 5.69 Å². The van der Waals surface area contributed by atoms with Crippen LogP contribution in [0.15, 0.2) is 22.7 Å². The molecule has 0 aliphatic carbocycles. The Hall–Kier alpha value is -1.40. The maximum Gasteiger partial charge on any atom is 0.358 e. The smallest absolute Gasteiger partial charge is 0.358 e. The highest BCUT2D eigenvalue weighted by molar-refractivity contribution is 9.10. The zero-order valence-corrected chi connectivity index (χ0v) is 13.5. The quantitative estimate of drug-likeness (QED) is 0.889. The maximum absolute atomic E-state index is 11.3. The van der Waals surface area contributed by atoms with E-state index in [1.54, 1.807) is 18.2 Å². The van der Waals surface area contributed by atoms with Crippen LogP contribution in [0.25, 0.3) is 5.69 Å². The van der Waals surface area contributed by atoms with Crippen LogP contribution in [0.2, 0.25) is 5.02 Å². The van der Waals surface area contributed by atoms with Crippen LogP contribution in [0.4, 0.5) is 0 Å². The fraction of sp³-hybridized carbons (Fsp3) is 0.308. The summed E-state index contributed by atoms with van der Waals surface area (Å²) in [6.45, 7) is 5.75. The first-order chi connectivity index (χ1) is 9.21. The lowest BCUT2D eigenvalue weighted by atomic mass is 9.90. The summed E-state index contributed by atoms with van der Waals surface area (Å²) >= 11 is 9.31. The summed E-state index contributed by atoms with van der Waals surface area (Å²) in [5.41, 5.74) is 0.789. The van der Waals surface area contributed by atoms with Gasteiger partial charge in [0.2, 0.25) is 0 Å². The highest BCUT2D eigenvalue weighted by Gasteiger charge is 2.29. The van der Waals surface area contributed by atoms with E-state index in [4.69, 9.17) is 11.6 Å². The van der Waals surface area contributed by atoms with Crippen LogP contribution in [0.1, 0.15) is 37.0 Å². The Labute approximate surface area is 129 Å². The van der Waals surface area contributed by atoms with Crippen molar-refractivity contribution in [3.63, 3.8) is 0 Å².